The molecular weight excluding hydrogens is 291 g/mol. The molecule has 6 nitrogen and oxygen atoms in total. The summed E-state index contributed by atoms with van der Waals surface area (Å²) in [5.41, 5.74) is 0.493. The van der Waals surface area contributed by atoms with Gasteiger partial charge in [-0.3, -0.25) is 9.59 Å². The summed E-state index contributed by atoms with van der Waals surface area (Å²) >= 11 is 0. The second-order valence-corrected chi connectivity index (χ2v) is 4.83. The molecule has 1 aromatic carbocycles. The van der Waals surface area contributed by atoms with Crippen molar-refractivity contribution in [3.05, 3.63) is 35.6 Å². The van der Waals surface area contributed by atoms with Crippen molar-refractivity contribution in [2.24, 2.45) is 0 Å². The largest absolute Gasteiger partial charge is 0.480 e. The normalized spacial score (nSPS) is 11.5. The van der Waals surface area contributed by atoms with Crippen LogP contribution in [0.4, 0.5) is 4.39 Å². The third-order valence-corrected chi connectivity index (χ3v) is 2.91. The number of carbonyl (C=O) groups is 3. The van der Waals surface area contributed by atoms with Crippen molar-refractivity contribution in [1.29, 1.82) is 0 Å². The monoisotopic (exact) mass is 310 g/mol. The van der Waals surface area contributed by atoms with Gasteiger partial charge in [0.25, 0.3) is 0 Å². The highest BCUT2D eigenvalue weighted by molar-refractivity contribution is 5.88. The van der Waals surface area contributed by atoms with Crippen molar-refractivity contribution >= 4 is 17.8 Å². The minimum atomic E-state index is -1.11. The predicted molar refractivity (Wildman–Crippen MR) is 77.6 cm³/mol. The van der Waals surface area contributed by atoms with Crippen LogP contribution in [0.1, 0.15) is 25.3 Å². The van der Waals surface area contributed by atoms with Crippen molar-refractivity contribution in [2.75, 3.05) is 6.54 Å². The molecule has 0 saturated heterocycles. The van der Waals surface area contributed by atoms with Gasteiger partial charge in [-0.05, 0) is 24.1 Å². The van der Waals surface area contributed by atoms with Gasteiger partial charge in [0, 0.05) is 0 Å². The third kappa shape index (κ3) is 6.34. The van der Waals surface area contributed by atoms with E-state index in [1.165, 1.54) is 18.2 Å². The Morgan fingerprint density at radius 3 is 2.59 bits per heavy atom. The Morgan fingerprint density at radius 1 is 1.27 bits per heavy atom. The quantitative estimate of drug-likeness (QED) is 0.663. The standard InChI is InChI=1S/C15H19FN2O4/c1-2-4-12(15(21)22)18-14(20)9-17-13(19)8-10-5-3-6-11(16)7-10/h3,5-7,12H,2,4,8-9H2,1H3,(H,17,19)(H,18,20)(H,21,22). The maximum atomic E-state index is 13.0. The van der Waals surface area contributed by atoms with E-state index in [2.05, 4.69) is 10.6 Å². The summed E-state index contributed by atoms with van der Waals surface area (Å²) < 4.78 is 13.0. The van der Waals surface area contributed by atoms with Crippen molar-refractivity contribution in [2.45, 2.75) is 32.2 Å². The SMILES string of the molecule is CCCC(NC(=O)CNC(=O)Cc1cccc(F)c1)C(=O)O. The fraction of sp³-hybridized carbons (Fsp3) is 0.400. The third-order valence-electron chi connectivity index (χ3n) is 2.91. The van der Waals surface area contributed by atoms with E-state index in [0.717, 1.165) is 0 Å². The van der Waals surface area contributed by atoms with Crippen LogP contribution in [0.3, 0.4) is 0 Å². The number of carboxylic acids is 1. The van der Waals surface area contributed by atoms with Crippen LogP contribution in [-0.2, 0) is 20.8 Å². The number of hydrogen-bond acceptors (Lipinski definition) is 3. The zero-order chi connectivity index (χ0) is 16.5. The molecule has 0 aliphatic heterocycles. The van der Waals surface area contributed by atoms with E-state index in [1.54, 1.807) is 6.07 Å². The topological polar surface area (TPSA) is 95.5 Å². The summed E-state index contributed by atoms with van der Waals surface area (Å²) in [5.74, 6) is -2.57. The molecule has 120 valence electrons. The summed E-state index contributed by atoms with van der Waals surface area (Å²) in [5, 5.41) is 13.6. The van der Waals surface area contributed by atoms with Crippen molar-refractivity contribution in [3.8, 4) is 0 Å². The fourth-order valence-corrected chi connectivity index (χ4v) is 1.87. The van der Waals surface area contributed by atoms with Gasteiger partial charge in [-0.2, -0.15) is 0 Å². The molecule has 7 heteroatoms. The van der Waals surface area contributed by atoms with E-state index >= 15 is 0 Å². The van der Waals surface area contributed by atoms with Gasteiger partial charge in [0.05, 0.1) is 13.0 Å². The Labute approximate surface area is 127 Å². The first kappa shape index (κ1) is 17.6. The summed E-state index contributed by atoms with van der Waals surface area (Å²) in [6.07, 6.45) is 0.879. The van der Waals surface area contributed by atoms with Crippen LogP contribution in [0.25, 0.3) is 0 Å². The molecule has 0 heterocycles. The van der Waals surface area contributed by atoms with Crippen molar-refractivity contribution in [3.63, 3.8) is 0 Å². The molecule has 0 radical (unpaired) electrons. The number of rotatable bonds is 8. The number of nitrogens with one attached hydrogen (secondary N) is 2. The van der Waals surface area contributed by atoms with Crippen LogP contribution >= 0.6 is 0 Å². The van der Waals surface area contributed by atoms with Gasteiger partial charge in [-0.1, -0.05) is 25.5 Å². The first-order valence-corrected chi connectivity index (χ1v) is 6.95. The Hall–Kier alpha value is -2.44. The molecule has 1 aromatic rings. The summed E-state index contributed by atoms with van der Waals surface area (Å²) in [7, 11) is 0. The Balaban J connectivity index is 2.40. The highest BCUT2D eigenvalue weighted by Gasteiger charge is 2.18. The molecule has 0 bridgehead atoms. The molecule has 0 aromatic heterocycles. The lowest BCUT2D eigenvalue weighted by molar-refractivity contribution is -0.141. The molecule has 1 unspecified atom stereocenters. The highest BCUT2D eigenvalue weighted by Crippen LogP contribution is 2.04. The number of carboxylic acid groups (broad SMARTS) is 1. The summed E-state index contributed by atoms with van der Waals surface area (Å²) in [4.78, 5) is 34.1. The molecule has 3 N–H and O–H groups in total. The zero-order valence-corrected chi connectivity index (χ0v) is 12.3. The number of hydrogen-bond donors (Lipinski definition) is 3. The second kappa shape index (κ2) is 8.76. The molecule has 1 atom stereocenters. The molecule has 0 aliphatic carbocycles. The average Bonchev–Trinajstić information content (AvgIpc) is 2.44. The maximum Gasteiger partial charge on any atom is 0.326 e. The van der Waals surface area contributed by atoms with Gasteiger partial charge in [0.15, 0.2) is 0 Å². The fourth-order valence-electron chi connectivity index (χ4n) is 1.87. The maximum absolute atomic E-state index is 13.0. The van der Waals surface area contributed by atoms with Gasteiger partial charge in [0.1, 0.15) is 11.9 Å². The van der Waals surface area contributed by atoms with Gasteiger partial charge in [0.2, 0.25) is 11.8 Å². The molecule has 1 rings (SSSR count). The van der Waals surface area contributed by atoms with Gasteiger partial charge in [-0.25, -0.2) is 9.18 Å². The first-order chi connectivity index (χ1) is 10.4. The Bertz CT molecular complexity index is 548. The molecule has 0 fully saturated rings. The minimum Gasteiger partial charge on any atom is -0.480 e. The van der Waals surface area contributed by atoms with E-state index < -0.39 is 29.6 Å². The highest BCUT2D eigenvalue weighted by atomic mass is 19.1. The molecule has 0 saturated carbocycles. The predicted octanol–water partition coefficient (Wildman–Crippen LogP) is 0.854. The van der Waals surface area contributed by atoms with Crippen molar-refractivity contribution < 1.29 is 23.9 Å². The number of halogens is 1. The summed E-state index contributed by atoms with van der Waals surface area (Å²) in [6.45, 7) is 1.49. The van der Waals surface area contributed by atoms with Crippen LogP contribution in [-0.4, -0.2) is 35.5 Å². The van der Waals surface area contributed by atoms with Gasteiger partial charge < -0.3 is 15.7 Å². The number of aliphatic carboxylic acids is 1. The van der Waals surface area contributed by atoms with Crippen LogP contribution in [0.5, 0.6) is 0 Å². The number of benzene rings is 1. The number of carbonyl (C=O) groups excluding carboxylic acids is 2. The molecule has 0 aliphatic rings. The second-order valence-electron chi connectivity index (χ2n) is 4.83. The molecular formula is C15H19FN2O4. The average molecular weight is 310 g/mol. The van der Waals surface area contributed by atoms with E-state index in [0.29, 0.717) is 18.4 Å². The molecule has 0 spiro atoms. The van der Waals surface area contributed by atoms with Crippen LogP contribution in [0.15, 0.2) is 24.3 Å². The zero-order valence-electron chi connectivity index (χ0n) is 12.3. The lowest BCUT2D eigenvalue weighted by atomic mass is 10.1. The van der Waals surface area contributed by atoms with Gasteiger partial charge in [-0.15, -0.1) is 0 Å². The van der Waals surface area contributed by atoms with Gasteiger partial charge >= 0.3 is 5.97 Å². The Morgan fingerprint density at radius 2 is 2.00 bits per heavy atom. The van der Waals surface area contributed by atoms with E-state index in [-0.39, 0.29) is 13.0 Å². The van der Waals surface area contributed by atoms with Crippen LogP contribution < -0.4 is 10.6 Å². The Kier molecular flexibility index (Phi) is 7.01. The first-order valence-electron chi connectivity index (χ1n) is 6.95. The van der Waals surface area contributed by atoms with Crippen LogP contribution in [0, 0.1) is 5.82 Å². The lowest BCUT2D eigenvalue weighted by Gasteiger charge is -2.13. The molecule has 2 amide bonds. The minimum absolute atomic E-state index is 0.0532. The van der Waals surface area contributed by atoms with E-state index in [4.69, 9.17) is 5.11 Å². The van der Waals surface area contributed by atoms with Crippen LogP contribution in [0.2, 0.25) is 0 Å². The number of amides is 2. The molecule has 22 heavy (non-hydrogen) atoms. The summed E-state index contributed by atoms with van der Waals surface area (Å²) in [6, 6.07) is 4.64. The van der Waals surface area contributed by atoms with E-state index in [1.807, 2.05) is 6.92 Å². The van der Waals surface area contributed by atoms with Crippen molar-refractivity contribution in [1.82, 2.24) is 10.6 Å². The lowest BCUT2D eigenvalue weighted by Crippen LogP contribution is -2.45. The smallest absolute Gasteiger partial charge is 0.326 e. The van der Waals surface area contributed by atoms with E-state index in [9.17, 15) is 18.8 Å².